The molecule has 0 aliphatic carbocycles. The Morgan fingerprint density at radius 1 is 1.36 bits per heavy atom. The second-order valence-corrected chi connectivity index (χ2v) is 5.84. The molecule has 1 aromatic heterocycles. The van der Waals surface area contributed by atoms with Crippen LogP contribution in [0, 0.1) is 5.92 Å². The van der Waals surface area contributed by atoms with E-state index in [0.717, 1.165) is 25.9 Å². The third-order valence-corrected chi connectivity index (χ3v) is 3.45. The number of amides is 1. The predicted molar refractivity (Wildman–Crippen MR) is 83.8 cm³/mol. The molecule has 1 aliphatic heterocycles. The van der Waals surface area contributed by atoms with Gasteiger partial charge in [0.25, 0.3) is 5.91 Å². The average Bonchev–Trinajstić information content (AvgIpc) is 3.04. The molecule has 0 spiro atoms. The first-order valence-corrected chi connectivity index (χ1v) is 7.71. The molecule has 1 saturated heterocycles. The van der Waals surface area contributed by atoms with Gasteiger partial charge in [-0.3, -0.25) is 4.79 Å². The standard InChI is InChI=1S/C16H23N3O3/c1-12(2)10-18-14(20)11-22-16(21)13-6-5-7-17-15(13)19-8-3-4-9-19/h5-7,12H,3-4,8-11H2,1-2H3,(H,18,20). The molecule has 6 heteroatoms. The number of carbonyl (C=O) groups is 2. The Morgan fingerprint density at radius 2 is 2.09 bits per heavy atom. The third kappa shape index (κ3) is 4.44. The number of aromatic nitrogens is 1. The summed E-state index contributed by atoms with van der Waals surface area (Å²) in [7, 11) is 0. The van der Waals surface area contributed by atoms with Crippen LogP contribution in [0.1, 0.15) is 37.0 Å². The van der Waals surface area contributed by atoms with E-state index in [1.165, 1.54) is 0 Å². The lowest BCUT2D eigenvalue weighted by molar-refractivity contribution is -0.124. The Labute approximate surface area is 130 Å². The average molecular weight is 305 g/mol. The van der Waals surface area contributed by atoms with Crippen LogP contribution in [0.5, 0.6) is 0 Å². The summed E-state index contributed by atoms with van der Waals surface area (Å²) in [6.07, 6.45) is 3.87. The second kappa shape index (κ2) is 7.77. The van der Waals surface area contributed by atoms with Crippen molar-refractivity contribution in [1.29, 1.82) is 0 Å². The number of hydrogen-bond donors (Lipinski definition) is 1. The number of anilines is 1. The number of hydrogen-bond acceptors (Lipinski definition) is 5. The number of nitrogens with zero attached hydrogens (tertiary/aromatic N) is 2. The normalized spacial score (nSPS) is 14.2. The van der Waals surface area contributed by atoms with Crippen LogP contribution < -0.4 is 10.2 Å². The van der Waals surface area contributed by atoms with Crippen LogP contribution >= 0.6 is 0 Å². The van der Waals surface area contributed by atoms with Gasteiger partial charge in [-0.15, -0.1) is 0 Å². The Morgan fingerprint density at radius 3 is 2.77 bits per heavy atom. The summed E-state index contributed by atoms with van der Waals surface area (Å²) in [5.74, 6) is 0.218. The van der Waals surface area contributed by atoms with Crippen molar-refractivity contribution in [2.75, 3.05) is 31.1 Å². The molecule has 0 radical (unpaired) electrons. The van der Waals surface area contributed by atoms with Crippen molar-refractivity contribution in [1.82, 2.24) is 10.3 Å². The van der Waals surface area contributed by atoms with Gasteiger partial charge < -0.3 is 15.0 Å². The molecule has 0 unspecified atom stereocenters. The number of rotatable bonds is 6. The molecule has 1 fully saturated rings. The van der Waals surface area contributed by atoms with E-state index >= 15 is 0 Å². The Hall–Kier alpha value is -2.11. The largest absolute Gasteiger partial charge is 0.452 e. The number of ether oxygens (including phenoxy) is 1. The van der Waals surface area contributed by atoms with Gasteiger partial charge in [0, 0.05) is 25.8 Å². The Kier molecular flexibility index (Phi) is 5.75. The molecule has 0 atom stereocenters. The highest BCUT2D eigenvalue weighted by Gasteiger charge is 2.21. The highest BCUT2D eigenvalue weighted by Crippen LogP contribution is 2.22. The topological polar surface area (TPSA) is 71.5 Å². The number of carbonyl (C=O) groups excluding carboxylic acids is 2. The van der Waals surface area contributed by atoms with Crippen molar-refractivity contribution >= 4 is 17.7 Å². The first-order chi connectivity index (χ1) is 10.6. The van der Waals surface area contributed by atoms with Gasteiger partial charge in [0.2, 0.25) is 0 Å². The van der Waals surface area contributed by atoms with Crippen LogP contribution in [0.15, 0.2) is 18.3 Å². The predicted octanol–water partition coefficient (Wildman–Crippen LogP) is 1.61. The molecule has 1 amide bonds. The molecule has 0 saturated carbocycles. The summed E-state index contributed by atoms with van der Waals surface area (Å²) >= 11 is 0. The molecule has 6 nitrogen and oxygen atoms in total. The number of nitrogens with one attached hydrogen (secondary N) is 1. The smallest absolute Gasteiger partial charge is 0.342 e. The zero-order chi connectivity index (χ0) is 15.9. The maximum atomic E-state index is 12.2. The van der Waals surface area contributed by atoms with E-state index in [2.05, 4.69) is 15.2 Å². The van der Waals surface area contributed by atoms with Gasteiger partial charge in [-0.1, -0.05) is 13.8 Å². The van der Waals surface area contributed by atoms with Gasteiger partial charge in [0.1, 0.15) is 11.4 Å². The van der Waals surface area contributed by atoms with Gasteiger partial charge in [0.05, 0.1) is 0 Å². The van der Waals surface area contributed by atoms with Crippen molar-refractivity contribution < 1.29 is 14.3 Å². The summed E-state index contributed by atoms with van der Waals surface area (Å²) in [4.78, 5) is 30.2. The lowest BCUT2D eigenvalue weighted by Gasteiger charge is -2.18. The summed E-state index contributed by atoms with van der Waals surface area (Å²) in [6, 6.07) is 3.39. The van der Waals surface area contributed by atoms with Crippen LogP contribution in [0.2, 0.25) is 0 Å². The summed E-state index contributed by atoms with van der Waals surface area (Å²) in [5, 5.41) is 2.72. The fourth-order valence-electron chi connectivity index (χ4n) is 2.32. The Balaban J connectivity index is 1.93. The molecule has 0 aromatic carbocycles. The number of esters is 1. The third-order valence-electron chi connectivity index (χ3n) is 3.45. The van der Waals surface area contributed by atoms with Crippen LogP contribution in [0.25, 0.3) is 0 Å². The minimum absolute atomic E-state index is 0.264. The molecule has 22 heavy (non-hydrogen) atoms. The van der Waals surface area contributed by atoms with Crippen LogP contribution in [-0.2, 0) is 9.53 Å². The molecule has 1 aromatic rings. The quantitative estimate of drug-likeness (QED) is 0.809. The monoisotopic (exact) mass is 305 g/mol. The first kappa shape index (κ1) is 16.3. The molecule has 2 heterocycles. The van der Waals surface area contributed by atoms with E-state index < -0.39 is 5.97 Å². The molecular formula is C16H23N3O3. The highest BCUT2D eigenvalue weighted by atomic mass is 16.5. The molecule has 120 valence electrons. The maximum Gasteiger partial charge on any atom is 0.342 e. The zero-order valence-electron chi connectivity index (χ0n) is 13.2. The molecular weight excluding hydrogens is 282 g/mol. The highest BCUT2D eigenvalue weighted by molar-refractivity contribution is 5.96. The van der Waals surface area contributed by atoms with Crippen molar-refractivity contribution in [2.45, 2.75) is 26.7 Å². The lowest BCUT2D eigenvalue weighted by atomic mass is 10.2. The molecule has 2 rings (SSSR count). The number of pyridine rings is 1. The summed E-state index contributed by atoms with van der Waals surface area (Å²) in [6.45, 7) is 6.11. The van der Waals surface area contributed by atoms with Gasteiger partial charge in [-0.05, 0) is 30.9 Å². The van der Waals surface area contributed by atoms with Gasteiger partial charge in [-0.2, -0.15) is 0 Å². The van der Waals surface area contributed by atoms with E-state index in [1.54, 1.807) is 18.3 Å². The van der Waals surface area contributed by atoms with Crippen molar-refractivity contribution in [3.63, 3.8) is 0 Å². The minimum Gasteiger partial charge on any atom is -0.452 e. The maximum absolute atomic E-state index is 12.2. The SMILES string of the molecule is CC(C)CNC(=O)COC(=O)c1cccnc1N1CCCC1. The van der Waals surface area contributed by atoms with Gasteiger partial charge in [0.15, 0.2) is 6.61 Å². The van der Waals surface area contributed by atoms with Crippen LogP contribution in [0.4, 0.5) is 5.82 Å². The van der Waals surface area contributed by atoms with E-state index in [9.17, 15) is 9.59 Å². The molecule has 0 bridgehead atoms. The van der Waals surface area contributed by atoms with Crippen LogP contribution in [0.3, 0.4) is 0 Å². The van der Waals surface area contributed by atoms with Gasteiger partial charge >= 0.3 is 5.97 Å². The van der Waals surface area contributed by atoms with Gasteiger partial charge in [-0.25, -0.2) is 9.78 Å². The zero-order valence-corrected chi connectivity index (χ0v) is 13.2. The van der Waals surface area contributed by atoms with E-state index in [-0.39, 0.29) is 12.5 Å². The fraction of sp³-hybridized carbons (Fsp3) is 0.562. The molecule has 1 aliphatic rings. The Bertz CT molecular complexity index is 525. The van der Waals surface area contributed by atoms with E-state index in [4.69, 9.17) is 4.74 Å². The van der Waals surface area contributed by atoms with E-state index in [0.29, 0.717) is 23.8 Å². The van der Waals surface area contributed by atoms with E-state index in [1.807, 2.05) is 13.8 Å². The summed E-state index contributed by atoms with van der Waals surface area (Å²) in [5.41, 5.74) is 0.418. The minimum atomic E-state index is -0.505. The van der Waals surface area contributed by atoms with Crippen molar-refractivity contribution in [3.05, 3.63) is 23.9 Å². The summed E-state index contributed by atoms with van der Waals surface area (Å²) < 4.78 is 5.10. The lowest BCUT2D eigenvalue weighted by Crippen LogP contribution is -2.32. The second-order valence-electron chi connectivity index (χ2n) is 5.84. The van der Waals surface area contributed by atoms with Crippen molar-refractivity contribution in [2.24, 2.45) is 5.92 Å². The van der Waals surface area contributed by atoms with Crippen molar-refractivity contribution in [3.8, 4) is 0 Å². The fourth-order valence-corrected chi connectivity index (χ4v) is 2.32. The molecule has 1 N–H and O–H groups in total. The van der Waals surface area contributed by atoms with Crippen LogP contribution in [-0.4, -0.2) is 43.1 Å². The first-order valence-electron chi connectivity index (χ1n) is 7.71.